The molecule has 17 heavy (non-hydrogen) atoms. The highest BCUT2D eigenvalue weighted by Crippen LogP contribution is 2.26. The summed E-state index contributed by atoms with van der Waals surface area (Å²) in [7, 11) is 1.69. The van der Waals surface area contributed by atoms with Gasteiger partial charge in [0, 0.05) is 31.3 Å². The molecule has 1 aromatic rings. The Morgan fingerprint density at radius 2 is 1.94 bits per heavy atom. The molecule has 0 saturated heterocycles. The van der Waals surface area contributed by atoms with Crippen molar-refractivity contribution in [2.75, 3.05) is 31.7 Å². The molecule has 4 nitrogen and oxygen atoms in total. The number of benzene rings is 1. The third-order valence-corrected chi connectivity index (χ3v) is 2.89. The molecule has 0 unspecified atom stereocenters. The number of nitrogens with zero attached hydrogens (tertiary/aromatic N) is 1. The van der Waals surface area contributed by atoms with Gasteiger partial charge in [0.25, 0.3) is 0 Å². The van der Waals surface area contributed by atoms with Gasteiger partial charge in [-0.2, -0.15) is 0 Å². The van der Waals surface area contributed by atoms with Gasteiger partial charge in [0.05, 0.1) is 13.7 Å². The van der Waals surface area contributed by atoms with Crippen molar-refractivity contribution in [1.29, 1.82) is 0 Å². The maximum absolute atomic E-state index is 5.40. The molecule has 0 spiro atoms. The molecule has 2 N–H and O–H groups in total. The first-order valence-electron chi connectivity index (χ1n) is 6.00. The largest absolute Gasteiger partial charge is 0.496 e. The number of nitrogens with two attached hydrogens (primary N) is 1. The third-order valence-electron chi connectivity index (χ3n) is 2.89. The van der Waals surface area contributed by atoms with Crippen LogP contribution in [0.1, 0.15) is 19.4 Å². The molecule has 0 aliphatic heterocycles. The first-order chi connectivity index (χ1) is 8.26. The molecule has 96 valence electrons. The summed E-state index contributed by atoms with van der Waals surface area (Å²) >= 11 is 0. The van der Waals surface area contributed by atoms with Gasteiger partial charge in [-0.1, -0.05) is 6.07 Å². The van der Waals surface area contributed by atoms with Crippen LogP contribution in [0.5, 0.6) is 5.75 Å². The van der Waals surface area contributed by atoms with Gasteiger partial charge >= 0.3 is 0 Å². The summed E-state index contributed by atoms with van der Waals surface area (Å²) in [4.78, 5) is 6.88. The molecule has 1 aromatic carbocycles. The molecule has 0 heterocycles. The zero-order valence-electron chi connectivity index (χ0n) is 10.9. The Balaban J connectivity index is 2.90. The smallest absolute Gasteiger partial charge is 0.124 e. The van der Waals surface area contributed by atoms with Crippen LogP contribution in [0.4, 0.5) is 5.69 Å². The minimum Gasteiger partial charge on any atom is -0.496 e. The number of ether oxygens (including phenoxy) is 1. The predicted molar refractivity (Wildman–Crippen MR) is 70.4 cm³/mol. The van der Waals surface area contributed by atoms with E-state index in [0.717, 1.165) is 30.8 Å². The third kappa shape index (κ3) is 3.61. The Hall–Kier alpha value is -1.26. The van der Waals surface area contributed by atoms with E-state index in [9.17, 15) is 0 Å². The Labute approximate surface area is 103 Å². The standard InChI is InChI=1S/C13H22N2O2/c1-4-15(5-2)12-7-6-11(8-9-17-14)13(10-12)16-3/h6-7,10H,4-5,8-9,14H2,1-3H3. The van der Waals surface area contributed by atoms with Crippen molar-refractivity contribution in [3.8, 4) is 5.75 Å². The summed E-state index contributed by atoms with van der Waals surface area (Å²) in [5.74, 6) is 5.93. The van der Waals surface area contributed by atoms with Crippen molar-refractivity contribution in [2.45, 2.75) is 20.3 Å². The Morgan fingerprint density at radius 3 is 2.47 bits per heavy atom. The van der Waals surface area contributed by atoms with Gasteiger partial charge in [-0.15, -0.1) is 0 Å². The van der Waals surface area contributed by atoms with Crippen LogP contribution in [0.15, 0.2) is 18.2 Å². The molecule has 0 bridgehead atoms. The summed E-state index contributed by atoms with van der Waals surface area (Å²) in [5, 5.41) is 0. The zero-order chi connectivity index (χ0) is 12.7. The van der Waals surface area contributed by atoms with Crippen LogP contribution < -0.4 is 15.5 Å². The van der Waals surface area contributed by atoms with Gasteiger partial charge in [0.15, 0.2) is 0 Å². The maximum Gasteiger partial charge on any atom is 0.124 e. The fourth-order valence-corrected chi connectivity index (χ4v) is 1.89. The Morgan fingerprint density at radius 1 is 1.24 bits per heavy atom. The van der Waals surface area contributed by atoms with E-state index in [2.05, 4.69) is 41.8 Å². The fourth-order valence-electron chi connectivity index (χ4n) is 1.89. The van der Waals surface area contributed by atoms with Gasteiger partial charge < -0.3 is 14.5 Å². The minimum atomic E-state index is 0.501. The van der Waals surface area contributed by atoms with E-state index in [-0.39, 0.29) is 0 Å². The lowest BCUT2D eigenvalue weighted by Gasteiger charge is -2.22. The molecule has 0 atom stereocenters. The lowest BCUT2D eigenvalue weighted by atomic mass is 10.1. The topological polar surface area (TPSA) is 47.7 Å². The quantitative estimate of drug-likeness (QED) is 0.738. The number of hydrogen-bond donors (Lipinski definition) is 1. The number of hydrogen-bond acceptors (Lipinski definition) is 4. The van der Waals surface area contributed by atoms with E-state index < -0.39 is 0 Å². The van der Waals surface area contributed by atoms with Gasteiger partial charge in [0.1, 0.15) is 5.75 Å². The van der Waals surface area contributed by atoms with Crippen LogP contribution in [0.25, 0.3) is 0 Å². The molecular formula is C13H22N2O2. The van der Waals surface area contributed by atoms with Crippen molar-refractivity contribution in [3.05, 3.63) is 23.8 Å². The minimum absolute atomic E-state index is 0.501. The van der Waals surface area contributed by atoms with E-state index in [0.29, 0.717) is 6.61 Å². The second-order valence-corrected chi connectivity index (χ2v) is 3.79. The normalized spacial score (nSPS) is 10.4. The summed E-state index contributed by atoms with van der Waals surface area (Å²) in [6.07, 6.45) is 0.762. The second-order valence-electron chi connectivity index (χ2n) is 3.79. The Bertz CT molecular complexity index is 338. The van der Waals surface area contributed by atoms with E-state index in [1.165, 1.54) is 5.69 Å². The van der Waals surface area contributed by atoms with Gasteiger partial charge in [0.2, 0.25) is 0 Å². The van der Waals surface area contributed by atoms with Crippen LogP contribution in [-0.4, -0.2) is 26.8 Å². The molecule has 1 rings (SSSR count). The molecule has 0 aromatic heterocycles. The van der Waals surface area contributed by atoms with E-state index in [1.807, 2.05) is 0 Å². The Kier molecular flexibility index (Phi) is 5.80. The number of methoxy groups -OCH3 is 1. The van der Waals surface area contributed by atoms with Crippen molar-refractivity contribution in [3.63, 3.8) is 0 Å². The van der Waals surface area contributed by atoms with Crippen molar-refractivity contribution in [2.24, 2.45) is 5.90 Å². The molecule has 0 fully saturated rings. The van der Waals surface area contributed by atoms with Crippen LogP contribution in [-0.2, 0) is 11.3 Å². The molecule has 4 heteroatoms. The maximum atomic E-state index is 5.40. The van der Waals surface area contributed by atoms with Crippen LogP contribution in [0, 0.1) is 0 Å². The summed E-state index contributed by atoms with van der Waals surface area (Å²) in [6.45, 7) is 6.77. The monoisotopic (exact) mass is 238 g/mol. The molecule has 0 aliphatic carbocycles. The first-order valence-corrected chi connectivity index (χ1v) is 6.00. The SMILES string of the molecule is CCN(CC)c1ccc(CCON)c(OC)c1. The molecule has 0 saturated carbocycles. The van der Waals surface area contributed by atoms with Gasteiger partial charge in [-0.05, 0) is 25.5 Å². The van der Waals surface area contributed by atoms with Crippen molar-refractivity contribution < 1.29 is 9.57 Å². The predicted octanol–water partition coefficient (Wildman–Crippen LogP) is 1.97. The summed E-state index contributed by atoms with van der Waals surface area (Å²) < 4.78 is 5.40. The average molecular weight is 238 g/mol. The number of rotatable bonds is 7. The van der Waals surface area contributed by atoms with E-state index >= 15 is 0 Å². The first kappa shape index (κ1) is 13.8. The highest BCUT2D eigenvalue weighted by atomic mass is 16.6. The van der Waals surface area contributed by atoms with E-state index in [1.54, 1.807) is 7.11 Å². The highest BCUT2D eigenvalue weighted by Gasteiger charge is 2.07. The molecule has 0 aliphatic rings. The van der Waals surface area contributed by atoms with Gasteiger partial charge in [-0.25, -0.2) is 5.90 Å². The van der Waals surface area contributed by atoms with Crippen molar-refractivity contribution in [1.82, 2.24) is 0 Å². The number of anilines is 1. The van der Waals surface area contributed by atoms with Gasteiger partial charge in [-0.3, -0.25) is 0 Å². The summed E-state index contributed by atoms with van der Waals surface area (Å²) in [5.41, 5.74) is 2.30. The van der Waals surface area contributed by atoms with Crippen molar-refractivity contribution >= 4 is 5.69 Å². The average Bonchev–Trinajstić information content (AvgIpc) is 2.38. The lowest BCUT2D eigenvalue weighted by Crippen LogP contribution is -2.21. The fraction of sp³-hybridized carbons (Fsp3) is 0.538. The van der Waals surface area contributed by atoms with Crippen LogP contribution in [0.3, 0.4) is 0 Å². The lowest BCUT2D eigenvalue weighted by molar-refractivity contribution is 0.140. The molecular weight excluding hydrogens is 216 g/mol. The highest BCUT2D eigenvalue weighted by molar-refractivity contribution is 5.53. The zero-order valence-corrected chi connectivity index (χ0v) is 10.9. The van der Waals surface area contributed by atoms with Crippen LogP contribution >= 0.6 is 0 Å². The van der Waals surface area contributed by atoms with E-state index in [4.69, 9.17) is 10.6 Å². The van der Waals surface area contributed by atoms with Crippen LogP contribution in [0.2, 0.25) is 0 Å². The molecule has 0 amide bonds. The second kappa shape index (κ2) is 7.14. The summed E-state index contributed by atoms with van der Waals surface area (Å²) in [6, 6.07) is 6.26. The molecule has 0 radical (unpaired) electrons.